The molecule has 41 heavy (non-hydrogen) atoms. The number of ether oxygens (including phenoxy) is 2. The lowest BCUT2D eigenvalue weighted by Crippen LogP contribution is -2.47. The smallest absolute Gasteiger partial charge is 0.256 e. The molecule has 1 atom stereocenters. The van der Waals surface area contributed by atoms with Crippen LogP contribution in [0.1, 0.15) is 6.92 Å². The number of allylic oxidation sites excluding steroid dienone is 2. The quantitative estimate of drug-likeness (QED) is 0.526. The zero-order chi connectivity index (χ0) is 28.7. The number of carbonyl (C=O) groups is 3. The van der Waals surface area contributed by atoms with Crippen LogP contribution in [0.5, 0.6) is 5.75 Å². The third kappa shape index (κ3) is 5.37. The normalized spacial score (nSPS) is 22.6. The van der Waals surface area contributed by atoms with Crippen molar-refractivity contribution < 1.29 is 28.2 Å². The fraction of sp³-hybridized carbons (Fsp3) is 0.414. The summed E-state index contributed by atoms with van der Waals surface area (Å²) in [7, 11) is 0. The van der Waals surface area contributed by atoms with Crippen molar-refractivity contribution >= 4 is 34.9 Å². The van der Waals surface area contributed by atoms with E-state index in [2.05, 4.69) is 10.2 Å². The summed E-state index contributed by atoms with van der Waals surface area (Å²) in [4.78, 5) is 46.6. The zero-order valence-corrected chi connectivity index (χ0v) is 23.5. The Morgan fingerprint density at radius 1 is 1.12 bits per heavy atom. The molecule has 1 aromatic carbocycles. The molecule has 2 fully saturated rings. The highest BCUT2D eigenvalue weighted by atomic mass is 35.5. The second-order valence-electron chi connectivity index (χ2n) is 10.5. The van der Waals surface area contributed by atoms with Gasteiger partial charge in [0.25, 0.3) is 5.91 Å². The first kappa shape index (κ1) is 27.5. The van der Waals surface area contributed by atoms with E-state index in [4.69, 9.17) is 21.1 Å². The van der Waals surface area contributed by atoms with Gasteiger partial charge in [0, 0.05) is 82.1 Å². The Labute approximate surface area is 242 Å². The lowest BCUT2D eigenvalue weighted by atomic mass is 9.91. The van der Waals surface area contributed by atoms with E-state index in [-0.39, 0.29) is 28.5 Å². The monoisotopic (exact) mass is 583 g/mol. The molecular formula is C29H31ClFN5O5. The van der Waals surface area contributed by atoms with Crippen molar-refractivity contribution in [2.24, 2.45) is 0 Å². The van der Waals surface area contributed by atoms with Crippen molar-refractivity contribution in [3.05, 3.63) is 70.0 Å². The van der Waals surface area contributed by atoms with Crippen molar-refractivity contribution in [1.29, 1.82) is 0 Å². The number of nitrogens with one attached hydrogen (secondary N) is 1. The van der Waals surface area contributed by atoms with Gasteiger partial charge in [-0.25, -0.2) is 4.39 Å². The molecule has 2 saturated heterocycles. The topological polar surface area (TPSA) is 94.7 Å². The van der Waals surface area contributed by atoms with Crippen LogP contribution in [0.25, 0.3) is 0 Å². The number of hydrogen-bond donors (Lipinski definition) is 1. The summed E-state index contributed by atoms with van der Waals surface area (Å²) in [5.74, 6) is -1.37. The van der Waals surface area contributed by atoms with Gasteiger partial charge < -0.3 is 29.5 Å². The number of piperazine rings is 1. The van der Waals surface area contributed by atoms with E-state index in [1.807, 2.05) is 0 Å². The van der Waals surface area contributed by atoms with E-state index in [1.165, 1.54) is 19.2 Å². The Hall–Kier alpha value is -3.67. The summed E-state index contributed by atoms with van der Waals surface area (Å²) in [5, 5.41) is 3.28. The first-order valence-electron chi connectivity index (χ1n) is 13.7. The van der Waals surface area contributed by atoms with Crippen molar-refractivity contribution in [1.82, 2.24) is 20.0 Å². The van der Waals surface area contributed by atoms with E-state index >= 15 is 4.39 Å². The average Bonchev–Trinajstić information content (AvgIpc) is 3.22. The number of fused-ring (bicyclic) bond motifs is 2. The van der Waals surface area contributed by atoms with Crippen molar-refractivity contribution in [3.63, 3.8) is 0 Å². The number of morpholine rings is 1. The van der Waals surface area contributed by atoms with Crippen LogP contribution in [-0.2, 0) is 19.1 Å². The second kappa shape index (κ2) is 11.3. The lowest BCUT2D eigenvalue weighted by molar-refractivity contribution is -0.130. The minimum absolute atomic E-state index is 0.0316. The fourth-order valence-electron chi connectivity index (χ4n) is 5.69. The van der Waals surface area contributed by atoms with E-state index in [0.717, 1.165) is 13.1 Å². The van der Waals surface area contributed by atoms with Crippen molar-refractivity contribution in [3.8, 4) is 5.75 Å². The van der Waals surface area contributed by atoms with Gasteiger partial charge in [-0.05, 0) is 24.3 Å². The predicted octanol–water partition coefficient (Wildman–Crippen LogP) is 1.99. The standard InChI is InChI=1S/C29H31ClFN5O5/c1-18(37)34-6-8-35(9-7-34)24-15-20-23-16-26(27(24)31)41-25-14-19(30)2-3-22(25)36(23)17-21(28(20)38)29(39)32-4-5-33-10-12-40-13-11-33/h2-3,14-17,23H,4-13H2,1H3,(H,32,39). The molecule has 2 bridgehead atoms. The van der Waals surface area contributed by atoms with Gasteiger partial charge >= 0.3 is 0 Å². The van der Waals surface area contributed by atoms with Gasteiger partial charge in [0.1, 0.15) is 5.57 Å². The van der Waals surface area contributed by atoms with E-state index in [0.29, 0.717) is 68.9 Å². The van der Waals surface area contributed by atoms with Crippen LogP contribution >= 0.6 is 11.6 Å². The third-order valence-corrected chi connectivity index (χ3v) is 8.22. The number of ketones is 1. The summed E-state index contributed by atoms with van der Waals surface area (Å²) in [6, 6.07) is 4.29. The maximum atomic E-state index is 16.2. The molecule has 1 N–H and O–H groups in total. The molecule has 10 nitrogen and oxygen atoms in total. The van der Waals surface area contributed by atoms with Crippen LogP contribution in [0.3, 0.4) is 0 Å². The van der Waals surface area contributed by atoms with Gasteiger partial charge in [-0.1, -0.05) is 11.6 Å². The summed E-state index contributed by atoms with van der Waals surface area (Å²) in [5.41, 5.74) is 0.945. The third-order valence-electron chi connectivity index (χ3n) is 7.98. The summed E-state index contributed by atoms with van der Waals surface area (Å²) >= 11 is 6.27. The zero-order valence-electron chi connectivity index (χ0n) is 22.7. The van der Waals surface area contributed by atoms with Crippen LogP contribution in [0.2, 0.25) is 5.02 Å². The first-order chi connectivity index (χ1) is 19.8. The molecule has 12 heteroatoms. The largest absolute Gasteiger partial charge is 0.452 e. The molecular weight excluding hydrogens is 553 g/mol. The highest BCUT2D eigenvalue weighted by molar-refractivity contribution is 6.31. The number of amides is 2. The summed E-state index contributed by atoms with van der Waals surface area (Å²) in [6.07, 6.45) is 4.61. The number of carbonyl (C=O) groups excluding carboxylic acids is 3. The predicted molar refractivity (Wildman–Crippen MR) is 150 cm³/mol. The maximum Gasteiger partial charge on any atom is 0.256 e. The SMILES string of the molecule is CC(=O)N1CCN(C2=C(F)C3=CC4C(=C2)C(=O)C(C(=O)NCCN2CCOCC2)=CN4c2ccc(Cl)cc2O3)CC1. The number of rotatable bonds is 5. The van der Waals surface area contributed by atoms with Crippen LogP contribution in [-0.4, -0.2) is 104 Å². The summed E-state index contributed by atoms with van der Waals surface area (Å²) in [6.45, 7) is 7.00. The van der Waals surface area contributed by atoms with Gasteiger partial charge in [-0.2, -0.15) is 0 Å². The molecule has 1 aromatic rings. The van der Waals surface area contributed by atoms with E-state index in [9.17, 15) is 14.4 Å². The van der Waals surface area contributed by atoms with Crippen molar-refractivity contribution in [2.45, 2.75) is 13.0 Å². The van der Waals surface area contributed by atoms with Gasteiger partial charge in [0.2, 0.25) is 5.91 Å². The van der Waals surface area contributed by atoms with E-state index < -0.39 is 23.6 Å². The van der Waals surface area contributed by atoms with Gasteiger partial charge in [-0.15, -0.1) is 0 Å². The molecule has 1 aliphatic carbocycles. The Balaban J connectivity index is 1.35. The molecule has 0 aromatic heterocycles. The number of anilines is 1. The summed E-state index contributed by atoms with van der Waals surface area (Å²) < 4.78 is 27.7. The Morgan fingerprint density at radius 2 is 1.88 bits per heavy atom. The lowest BCUT2D eigenvalue weighted by Gasteiger charge is -2.37. The van der Waals surface area contributed by atoms with Crippen LogP contribution in [0, 0.1) is 0 Å². The van der Waals surface area contributed by atoms with Crippen LogP contribution in [0.15, 0.2) is 65.0 Å². The van der Waals surface area contributed by atoms with Gasteiger partial charge in [0.05, 0.1) is 30.6 Å². The van der Waals surface area contributed by atoms with Gasteiger partial charge in [-0.3, -0.25) is 19.3 Å². The van der Waals surface area contributed by atoms with Crippen LogP contribution in [0.4, 0.5) is 10.1 Å². The molecule has 5 aliphatic rings. The fourth-order valence-corrected chi connectivity index (χ4v) is 5.86. The molecule has 0 saturated carbocycles. The van der Waals surface area contributed by atoms with E-state index in [1.54, 1.807) is 39.0 Å². The molecule has 6 rings (SSSR count). The maximum absolute atomic E-state index is 16.2. The second-order valence-corrected chi connectivity index (χ2v) is 10.9. The van der Waals surface area contributed by atoms with Crippen LogP contribution < -0.4 is 15.0 Å². The molecule has 4 aliphatic heterocycles. The minimum Gasteiger partial charge on any atom is -0.452 e. The highest BCUT2D eigenvalue weighted by Gasteiger charge is 2.41. The van der Waals surface area contributed by atoms with Crippen molar-refractivity contribution in [2.75, 3.05) is 70.5 Å². The van der Waals surface area contributed by atoms with Gasteiger partial charge in [0.15, 0.2) is 23.1 Å². The Kier molecular flexibility index (Phi) is 7.58. The first-order valence-corrected chi connectivity index (χ1v) is 14.1. The highest BCUT2D eigenvalue weighted by Crippen LogP contribution is 2.44. The Bertz CT molecular complexity index is 1410. The minimum atomic E-state index is -0.702. The molecule has 0 spiro atoms. The average molecular weight is 584 g/mol. The molecule has 4 heterocycles. The molecule has 1 unspecified atom stereocenters. The number of Topliss-reactive ketones (excluding diaryl/α,β-unsaturated/α-hetero) is 1. The number of halogens is 2. The Morgan fingerprint density at radius 3 is 2.61 bits per heavy atom. The number of nitrogens with zero attached hydrogens (tertiary/aromatic N) is 4. The number of benzene rings is 1. The molecule has 0 radical (unpaired) electrons. The number of hydrogen-bond acceptors (Lipinski definition) is 8. The molecule has 2 amide bonds. The molecule has 216 valence electrons.